The number of aryl methyl sites for hydroxylation is 2. The molecule has 0 amide bonds. The molecule has 0 bridgehead atoms. The smallest absolute Gasteiger partial charge is 0.154 e. The first-order valence-electron chi connectivity index (χ1n) is 6.39. The third kappa shape index (κ3) is 2.90. The Morgan fingerprint density at radius 3 is 2.74 bits per heavy atom. The van der Waals surface area contributed by atoms with Crippen molar-refractivity contribution in [2.45, 2.75) is 33.4 Å². The molecule has 1 aromatic heterocycles. The van der Waals surface area contributed by atoms with Gasteiger partial charge in [-0.2, -0.15) is 0 Å². The minimum Gasteiger partial charge on any atom is -0.392 e. The average molecular weight is 284 g/mol. The van der Waals surface area contributed by atoms with Crippen molar-refractivity contribution in [1.29, 1.82) is 0 Å². The molecular weight excluding hydrogens is 264 g/mol. The number of aliphatic hydroxyl groups excluding tert-OH is 1. The van der Waals surface area contributed by atoms with E-state index < -0.39 is 9.84 Å². The van der Waals surface area contributed by atoms with Gasteiger partial charge in [-0.25, -0.2) is 13.4 Å². The van der Waals surface area contributed by atoms with Crippen LogP contribution in [0.4, 0.5) is 5.82 Å². The van der Waals surface area contributed by atoms with Crippen molar-refractivity contribution < 1.29 is 13.5 Å². The summed E-state index contributed by atoms with van der Waals surface area (Å²) in [5.74, 6) is 1.02. The predicted octanol–water partition coefficient (Wildman–Crippen LogP) is 0.814. The molecule has 0 aromatic carbocycles. The monoisotopic (exact) mass is 284 g/mol. The number of anilines is 1. The molecule has 0 radical (unpaired) electrons. The SMILES string of the molecule is Cc1cc(C)c(CO)c(N2CCS(=O)(=O)CC2C)n1. The van der Waals surface area contributed by atoms with Gasteiger partial charge in [0.1, 0.15) is 5.82 Å². The first kappa shape index (κ1) is 14.3. The number of sulfone groups is 1. The average Bonchev–Trinajstić information content (AvgIpc) is 2.26. The molecule has 19 heavy (non-hydrogen) atoms. The maximum atomic E-state index is 11.6. The summed E-state index contributed by atoms with van der Waals surface area (Å²) in [6, 6.07) is 1.82. The van der Waals surface area contributed by atoms with Crippen molar-refractivity contribution in [2.75, 3.05) is 23.0 Å². The maximum absolute atomic E-state index is 11.6. The van der Waals surface area contributed by atoms with Crippen LogP contribution >= 0.6 is 0 Å². The number of aromatic nitrogens is 1. The molecule has 1 unspecified atom stereocenters. The van der Waals surface area contributed by atoms with Crippen LogP contribution < -0.4 is 4.90 Å². The summed E-state index contributed by atoms with van der Waals surface area (Å²) in [6.45, 7) is 6.09. The Hall–Kier alpha value is -1.14. The van der Waals surface area contributed by atoms with Gasteiger partial charge in [0.05, 0.1) is 18.1 Å². The van der Waals surface area contributed by atoms with Gasteiger partial charge >= 0.3 is 0 Å². The van der Waals surface area contributed by atoms with Crippen LogP contribution in [-0.4, -0.2) is 42.6 Å². The number of nitrogens with zero attached hydrogens (tertiary/aromatic N) is 2. The topological polar surface area (TPSA) is 70.5 Å². The van der Waals surface area contributed by atoms with Crippen LogP contribution in [0.1, 0.15) is 23.7 Å². The molecular formula is C13H20N2O3S. The summed E-state index contributed by atoms with van der Waals surface area (Å²) in [7, 11) is -2.94. The van der Waals surface area contributed by atoms with Gasteiger partial charge in [-0.1, -0.05) is 0 Å². The van der Waals surface area contributed by atoms with E-state index in [1.54, 1.807) is 0 Å². The molecule has 1 aliphatic heterocycles. The largest absolute Gasteiger partial charge is 0.392 e. The van der Waals surface area contributed by atoms with E-state index in [1.807, 2.05) is 31.7 Å². The summed E-state index contributed by atoms with van der Waals surface area (Å²) in [5, 5.41) is 9.52. The van der Waals surface area contributed by atoms with Crippen LogP contribution in [-0.2, 0) is 16.4 Å². The molecule has 0 saturated carbocycles. The normalized spacial score (nSPS) is 22.5. The summed E-state index contributed by atoms with van der Waals surface area (Å²) in [5.41, 5.74) is 2.66. The van der Waals surface area contributed by atoms with E-state index in [9.17, 15) is 13.5 Å². The summed E-state index contributed by atoms with van der Waals surface area (Å²) in [6.07, 6.45) is 0. The van der Waals surface area contributed by atoms with Crippen molar-refractivity contribution in [2.24, 2.45) is 0 Å². The Labute approximate surface area is 114 Å². The second kappa shape index (κ2) is 5.09. The Morgan fingerprint density at radius 2 is 2.16 bits per heavy atom. The Bertz CT molecular complexity index is 584. The quantitative estimate of drug-likeness (QED) is 0.870. The minimum atomic E-state index is -2.94. The van der Waals surface area contributed by atoms with Crippen molar-refractivity contribution >= 4 is 15.7 Å². The van der Waals surface area contributed by atoms with Crippen LogP contribution in [0.15, 0.2) is 6.07 Å². The van der Waals surface area contributed by atoms with Crippen molar-refractivity contribution in [1.82, 2.24) is 4.98 Å². The maximum Gasteiger partial charge on any atom is 0.154 e. The zero-order valence-electron chi connectivity index (χ0n) is 11.5. The fourth-order valence-corrected chi connectivity index (χ4v) is 4.15. The lowest BCUT2D eigenvalue weighted by atomic mass is 10.1. The number of pyridine rings is 1. The molecule has 1 aliphatic rings. The summed E-state index contributed by atoms with van der Waals surface area (Å²) < 4.78 is 23.3. The molecule has 1 N–H and O–H groups in total. The first-order chi connectivity index (χ1) is 8.84. The van der Waals surface area contributed by atoms with E-state index in [0.29, 0.717) is 6.54 Å². The van der Waals surface area contributed by atoms with Crippen LogP contribution in [0.5, 0.6) is 0 Å². The molecule has 1 aromatic rings. The van der Waals surface area contributed by atoms with Gasteiger partial charge in [-0.3, -0.25) is 0 Å². The molecule has 0 aliphatic carbocycles. The highest BCUT2D eigenvalue weighted by Gasteiger charge is 2.30. The van der Waals surface area contributed by atoms with Crippen molar-refractivity contribution in [3.8, 4) is 0 Å². The molecule has 0 spiro atoms. The van der Waals surface area contributed by atoms with Gasteiger partial charge in [0, 0.05) is 23.8 Å². The van der Waals surface area contributed by atoms with Crippen LogP contribution in [0.2, 0.25) is 0 Å². The lowest BCUT2D eigenvalue weighted by Crippen LogP contribution is -2.47. The zero-order valence-corrected chi connectivity index (χ0v) is 12.4. The summed E-state index contributed by atoms with van der Waals surface area (Å²) in [4.78, 5) is 6.49. The molecule has 1 atom stereocenters. The second-order valence-electron chi connectivity index (χ2n) is 5.20. The highest BCUT2D eigenvalue weighted by Crippen LogP contribution is 2.26. The minimum absolute atomic E-state index is 0.0790. The Balaban J connectivity index is 2.42. The van der Waals surface area contributed by atoms with Gasteiger partial charge < -0.3 is 10.0 Å². The van der Waals surface area contributed by atoms with E-state index in [-0.39, 0.29) is 24.2 Å². The molecule has 2 rings (SSSR count). The van der Waals surface area contributed by atoms with E-state index in [4.69, 9.17) is 0 Å². The predicted molar refractivity (Wildman–Crippen MR) is 75.1 cm³/mol. The Morgan fingerprint density at radius 1 is 1.47 bits per heavy atom. The third-order valence-corrected chi connectivity index (χ3v) is 5.35. The van der Waals surface area contributed by atoms with E-state index >= 15 is 0 Å². The van der Waals surface area contributed by atoms with Crippen molar-refractivity contribution in [3.63, 3.8) is 0 Å². The second-order valence-corrected chi connectivity index (χ2v) is 7.43. The first-order valence-corrected chi connectivity index (χ1v) is 8.21. The molecule has 2 heterocycles. The highest BCUT2D eigenvalue weighted by atomic mass is 32.2. The molecule has 1 saturated heterocycles. The fourth-order valence-electron chi connectivity index (χ4n) is 2.59. The van der Waals surface area contributed by atoms with Gasteiger partial charge in [0.2, 0.25) is 0 Å². The van der Waals surface area contributed by atoms with Crippen LogP contribution in [0, 0.1) is 13.8 Å². The van der Waals surface area contributed by atoms with E-state index in [2.05, 4.69) is 4.98 Å². The van der Waals surface area contributed by atoms with E-state index in [1.165, 1.54) is 0 Å². The van der Waals surface area contributed by atoms with Crippen molar-refractivity contribution in [3.05, 3.63) is 22.9 Å². The van der Waals surface area contributed by atoms with Gasteiger partial charge in [-0.15, -0.1) is 0 Å². The van der Waals surface area contributed by atoms with Gasteiger partial charge in [0.25, 0.3) is 0 Å². The lowest BCUT2D eigenvalue weighted by molar-refractivity contribution is 0.280. The van der Waals surface area contributed by atoms with E-state index in [0.717, 1.165) is 22.6 Å². The Kier molecular flexibility index (Phi) is 3.82. The molecule has 5 nitrogen and oxygen atoms in total. The zero-order chi connectivity index (χ0) is 14.2. The van der Waals surface area contributed by atoms with Crippen LogP contribution in [0.25, 0.3) is 0 Å². The molecule has 6 heteroatoms. The summed E-state index contributed by atoms with van der Waals surface area (Å²) >= 11 is 0. The van der Waals surface area contributed by atoms with Gasteiger partial charge in [-0.05, 0) is 32.4 Å². The standard InChI is InChI=1S/C13H20N2O3S/c1-9-6-10(2)14-13(12(9)7-16)15-4-5-19(17,18)8-11(15)3/h6,11,16H,4-5,7-8H2,1-3H3. The highest BCUT2D eigenvalue weighted by molar-refractivity contribution is 7.91. The van der Waals surface area contributed by atoms with Gasteiger partial charge in [0.15, 0.2) is 9.84 Å². The molecule has 1 fully saturated rings. The third-order valence-electron chi connectivity index (χ3n) is 3.55. The number of aliphatic hydroxyl groups is 1. The number of hydrogen-bond acceptors (Lipinski definition) is 5. The number of hydrogen-bond donors (Lipinski definition) is 1. The van der Waals surface area contributed by atoms with Crippen LogP contribution in [0.3, 0.4) is 0 Å². The fraction of sp³-hybridized carbons (Fsp3) is 0.615. The number of rotatable bonds is 2. The molecule has 106 valence electrons. The lowest BCUT2D eigenvalue weighted by Gasteiger charge is -2.35.